The molecular formula is C15H21N3O2. The molecule has 0 aliphatic rings. The molecule has 0 bridgehead atoms. The number of rotatable bonds is 5. The standard InChI is InChI=1S/C15H21N3O2/c1-5-16-12-9-13(18-14(17-12)15(2,3)4)20-10-11-7-6-8-19-11/h6-9H,5,10H2,1-4H3,(H,16,17,18). The van der Waals surface area contributed by atoms with E-state index in [2.05, 4.69) is 36.1 Å². The minimum absolute atomic E-state index is 0.131. The lowest BCUT2D eigenvalue weighted by atomic mass is 9.96. The van der Waals surface area contributed by atoms with Crippen molar-refractivity contribution >= 4 is 5.82 Å². The fraction of sp³-hybridized carbons (Fsp3) is 0.467. The van der Waals surface area contributed by atoms with Gasteiger partial charge in [-0.05, 0) is 19.1 Å². The molecule has 2 aromatic rings. The quantitative estimate of drug-likeness (QED) is 0.906. The van der Waals surface area contributed by atoms with Gasteiger partial charge in [0.15, 0.2) is 0 Å². The Labute approximate surface area is 119 Å². The minimum Gasteiger partial charge on any atom is -0.469 e. The topological polar surface area (TPSA) is 60.2 Å². The fourth-order valence-electron chi connectivity index (χ4n) is 1.65. The molecule has 2 heterocycles. The molecule has 0 aliphatic heterocycles. The maximum Gasteiger partial charge on any atom is 0.219 e. The third kappa shape index (κ3) is 3.73. The first-order valence-electron chi connectivity index (χ1n) is 6.77. The Kier molecular flexibility index (Phi) is 4.27. The van der Waals surface area contributed by atoms with Gasteiger partial charge in [-0.25, -0.2) is 4.98 Å². The Morgan fingerprint density at radius 2 is 2.10 bits per heavy atom. The number of ether oxygens (including phenoxy) is 1. The second-order valence-electron chi connectivity index (χ2n) is 5.56. The molecule has 0 unspecified atom stereocenters. The Bertz CT molecular complexity index is 545. The molecule has 0 saturated heterocycles. The molecule has 0 saturated carbocycles. The fourth-order valence-corrected chi connectivity index (χ4v) is 1.65. The van der Waals surface area contributed by atoms with E-state index in [4.69, 9.17) is 9.15 Å². The molecule has 108 valence electrons. The lowest BCUT2D eigenvalue weighted by Crippen LogP contribution is -2.18. The summed E-state index contributed by atoms with van der Waals surface area (Å²) in [6.07, 6.45) is 1.63. The van der Waals surface area contributed by atoms with Crippen molar-refractivity contribution in [2.75, 3.05) is 11.9 Å². The highest BCUT2D eigenvalue weighted by atomic mass is 16.5. The molecule has 0 spiro atoms. The second kappa shape index (κ2) is 5.94. The van der Waals surface area contributed by atoms with Crippen LogP contribution in [0.4, 0.5) is 5.82 Å². The molecule has 0 amide bonds. The van der Waals surface area contributed by atoms with Gasteiger partial charge in [0.2, 0.25) is 5.88 Å². The molecule has 5 heteroatoms. The smallest absolute Gasteiger partial charge is 0.219 e. The molecule has 20 heavy (non-hydrogen) atoms. The first kappa shape index (κ1) is 14.4. The predicted octanol–water partition coefficient (Wildman–Crippen LogP) is 3.38. The van der Waals surface area contributed by atoms with Crippen molar-refractivity contribution in [2.45, 2.75) is 39.7 Å². The van der Waals surface area contributed by atoms with Crippen LogP contribution in [-0.2, 0) is 12.0 Å². The molecule has 2 rings (SSSR count). The van der Waals surface area contributed by atoms with Gasteiger partial charge in [0.05, 0.1) is 6.26 Å². The zero-order chi connectivity index (χ0) is 14.6. The molecule has 0 fully saturated rings. The van der Waals surface area contributed by atoms with Gasteiger partial charge in [-0.3, -0.25) is 0 Å². The summed E-state index contributed by atoms with van der Waals surface area (Å²) >= 11 is 0. The van der Waals surface area contributed by atoms with E-state index in [1.807, 2.05) is 25.1 Å². The molecule has 0 aromatic carbocycles. The average Bonchev–Trinajstić information content (AvgIpc) is 2.88. The van der Waals surface area contributed by atoms with Gasteiger partial charge < -0.3 is 14.5 Å². The van der Waals surface area contributed by atoms with Crippen LogP contribution >= 0.6 is 0 Å². The third-order valence-corrected chi connectivity index (χ3v) is 2.67. The number of anilines is 1. The summed E-state index contributed by atoms with van der Waals surface area (Å²) in [4.78, 5) is 8.99. The van der Waals surface area contributed by atoms with Crippen molar-refractivity contribution in [1.29, 1.82) is 0 Å². The van der Waals surface area contributed by atoms with Crippen LogP contribution in [0.15, 0.2) is 28.9 Å². The Hall–Kier alpha value is -2.04. The summed E-state index contributed by atoms with van der Waals surface area (Å²) in [6.45, 7) is 9.43. The molecular weight excluding hydrogens is 254 g/mol. The zero-order valence-electron chi connectivity index (χ0n) is 12.4. The molecule has 0 aliphatic carbocycles. The number of nitrogens with zero attached hydrogens (tertiary/aromatic N) is 2. The Balaban J connectivity index is 2.20. The summed E-state index contributed by atoms with van der Waals surface area (Å²) in [5.74, 6) is 2.86. The number of hydrogen-bond donors (Lipinski definition) is 1. The number of furan rings is 1. The van der Waals surface area contributed by atoms with E-state index in [-0.39, 0.29) is 5.41 Å². The van der Waals surface area contributed by atoms with Crippen LogP contribution in [0.1, 0.15) is 39.3 Å². The van der Waals surface area contributed by atoms with Crippen LogP contribution in [0.25, 0.3) is 0 Å². The van der Waals surface area contributed by atoms with E-state index in [1.54, 1.807) is 6.26 Å². The summed E-state index contributed by atoms with van der Waals surface area (Å²) in [7, 11) is 0. The van der Waals surface area contributed by atoms with Gasteiger partial charge >= 0.3 is 0 Å². The monoisotopic (exact) mass is 275 g/mol. The number of hydrogen-bond acceptors (Lipinski definition) is 5. The Morgan fingerprint density at radius 3 is 2.70 bits per heavy atom. The highest BCUT2D eigenvalue weighted by Gasteiger charge is 2.19. The lowest BCUT2D eigenvalue weighted by Gasteiger charge is -2.18. The first-order valence-corrected chi connectivity index (χ1v) is 6.77. The third-order valence-electron chi connectivity index (χ3n) is 2.67. The molecule has 5 nitrogen and oxygen atoms in total. The summed E-state index contributed by atoms with van der Waals surface area (Å²) in [5, 5.41) is 3.20. The minimum atomic E-state index is -0.131. The highest BCUT2D eigenvalue weighted by molar-refractivity contribution is 5.39. The molecule has 1 N–H and O–H groups in total. The van der Waals surface area contributed by atoms with Crippen molar-refractivity contribution in [3.8, 4) is 5.88 Å². The van der Waals surface area contributed by atoms with Crippen molar-refractivity contribution < 1.29 is 9.15 Å². The SMILES string of the molecule is CCNc1cc(OCc2ccco2)nc(C(C)(C)C)n1. The predicted molar refractivity (Wildman–Crippen MR) is 77.9 cm³/mol. The zero-order valence-corrected chi connectivity index (χ0v) is 12.4. The molecule has 0 atom stereocenters. The van der Waals surface area contributed by atoms with Crippen LogP contribution < -0.4 is 10.1 Å². The largest absolute Gasteiger partial charge is 0.469 e. The van der Waals surface area contributed by atoms with Gasteiger partial charge in [-0.1, -0.05) is 20.8 Å². The average molecular weight is 275 g/mol. The van der Waals surface area contributed by atoms with Crippen LogP contribution in [-0.4, -0.2) is 16.5 Å². The van der Waals surface area contributed by atoms with Crippen LogP contribution in [0, 0.1) is 0 Å². The van der Waals surface area contributed by atoms with Gasteiger partial charge in [-0.15, -0.1) is 0 Å². The van der Waals surface area contributed by atoms with Gasteiger partial charge in [-0.2, -0.15) is 4.98 Å². The van der Waals surface area contributed by atoms with E-state index in [9.17, 15) is 0 Å². The summed E-state index contributed by atoms with van der Waals surface area (Å²) in [6, 6.07) is 5.52. The number of aromatic nitrogens is 2. The van der Waals surface area contributed by atoms with Crippen LogP contribution in [0.2, 0.25) is 0 Å². The molecule has 0 radical (unpaired) electrons. The van der Waals surface area contributed by atoms with Crippen molar-refractivity contribution in [3.63, 3.8) is 0 Å². The van der Waals surface area contributed by atoms with E-state index < -0.39 is 0 Å². The highest BCUT2D eigenvalue weighted by Crippen LogP contribution is 2.23. The van der Waals surface area contributed by atoms with Gasteiger partial charge in [0.1, 0.15) is 24.0 Å². The van der Waals surface area contributed by atoms with Gasteiger partial charge in [0, 0.05) is 18.0 Å². The van der Waals surface area contributed by atoms with Crippen LogP contribution in [0.5, 0.6) is 5.88 Å². The van der Waals surface area contributed by atoms with E-state index in [0.717, 1.165) is 23.9 Å². The number of nitrogens with one attached hydrogen (secondary N) is 1. The normalized spacial score (nSPS) is 11.4. The van der Waals surface area contributed by atoms with E-state index >= 15 is 0 Å². The van der Waals surface area contributed by atoms with Crippen molar-refractivity contribution in [1.82, 2.24) is 9.97 Å². The van der Waals surface area contributed by atoms with Crippen molar-refractivity contribution in [3.05, 3.63) is 36.0 Å². The maximum atomic E-state index is 5.69. The van der Waals surface area contributed by atoms with E-state index in [0.29, 0.717) is 12.5 Å². The summed E-state index contributed by atoms with van der Waals surface area (Å²) < 4.78 is 10.9. The maximum absolute atomic E-state index is 5.69. The van der Waals surface area contributed by atoms with Gasteiger partial charge in [0.25, 0.3) is 0 Å². The Morgan fingerprint density at radius 1 is 1.30 bits per heavy atom. The lowest BCUT2D eigenvalue weighted by molar-refractivity contribution is 0.258. The van der Waals surface area contributed by atoms with Crippen LogP contribution in [0.3, 0.4) is 0 Å². The van der Waals surface area contributed by atoms with Crippen molar-refractivity contribution in [2.24, 2.45) is 0 Å². The molecule has 2 aromatic heterocycles. The second-order valence-corrected chi connectivity index (χ2v) is 5.56. The summed E-state index contributed by atoms with van der Waals surface area (Å²) in [5.41, 5.74) is -0.131. The first-order chi connectivity index (χ1) is 9.49. The van der Waals surface area contributed by atoms with E-state index in [1.165, 1.54) is 0 Å².